The van der Waals surface area contributed by atoms with E-state index in [1.807, 2.05) is 0 Å². The fourth-order valence-corrected chi connectivity index (χ4v) is 5.48. The number of piperazine rings is 1. The summed E-state index contributed by atoms with van der Waals surface area (Å²) in [4.78, 5) is 80.2. The molecule has 260 valence electrons. The molecule has 2 aliphatic rings. The highest BCUT2D eigenvalue weighted by atomic mass is 19.1. The molecule has 1 aromatic heterocycles. The molecule has 0 aliphatic carbocycles. The van der Waals surface area contributed by atoms with E-state index in [2.05, 4.69) is 15.7 Å². The molecule has 1 aromatic carbocycles. The van der Waals surface area contributed by atoms with E-state index in [0.717, 1.165) is 0 Å². The Morgan fingerprint density at radius 2 is 1.75 bits per heavy atom. The average molecular weight is 674 g/mol. The fourth-order valence-electron chi connectivity index (χ4n) is 5.48. The number of carboxylic acid groups (broad SMARTS) is 1. The maximum Gasteiger partial charge on any atom is 0.409 e. The van der Waals surface area contributed by atoms with E-state index in [1.54, 1.807) is 37.3 Å². The second kappa shape index (κ2) is 17.1. The second-order valence-corrected chi connectivity index (χ2v) is 11.1. The molecule has 3 heterocycles. The summed E-state index contributed by atoms with van der Waals surface area (Å²) in [6.07, 6.45) is -0.0514. The van der Waals surface area contributed by atoms with Crippen LogP contribution in [0.4, 0.5) is 9.18 Å². The molecular weight excluding hydrogens is 633 g/mol. The van der Waals surface area contributed by atoms with Crippen molar-refractivity contribution in [3.05, 3.63) is 42.1 Å². The predicted molar refractivity (Wildman–Crippen MR) is 166 cm³/mol. The van der Waals surface area contributed by atoms with Crippen LogP contribution in [0.25, 0.3) is 5.69 Å². The number of hydrogen-bond acceptors (Lipinski definition) is 9. The molecule has 4 rings (SSSR count). The molecule has 2 atom stereocenters. The van der Waals surface area contributed by atoms with Crippen LogP contribution in [0.1, 0.15) is 43.1 Å². The summed E-state index contributed by atoms with van der Waals surface area (Å²) < 4.78 is 24.7. The summed E-state index contributed by atoms with van der Waals surface area (Å²) in [5.41, 5.74) is 0.341. The molecule has 2 aromatic rings. The molecule has 17 heteroatoms. The first kappa shape index (κ1) is 35.6. The van der Waals surface area contributed by atoms with E-state index in [0.29, 0.717) is 25.1 Å². The van der Waals surface area contributed by atoms with Gasteiger partial charge in [-0.2, -0.15) is 5.10 Å². The lowest BCUT2D eigenvalue weighted by Gasteiger charge is -2.35. The number of para-hydroxylation sites is 1. The van der Waals surface area contributed by atoms with Crippen molar-refractivity contribution in [3.63, 3.8) is 0 Å². The van der Waals surface area contributed by atoms with E-state index in [9.17, 15) is 38.3 Å². The Morgan fingerprint density at radius 1 is 1.04 bits per heavy atom. The van der Waals surface area contributed by atoms with Crippen LogP contribution in [0.2, 0.25) is 0 Å². The standard InChI is InChI=1S/C31H40FN7O9/c1-2-47-31(46)37-17-15-36(16-18-37)30(45)22(10-11-27(41)42)34-28(43)23-19-26(39(35-23)21-7-4-3-5-8-21)48-20-25(40)38-14-6-9-24(38)29(44)33-13-12-32/h3-5,7-8,19,22,24H,2,6,9-18,20H2,1H3,(H,33,44)(H,34,43)(H,41,42)/t22-,24-/m0/s1. The second-order valence-electron chi connectivity index (χ2n) is 11.1. The monoisotopic (exact) mass is 673 g/mol. The van der Waals surface area contributed by atoms with Crippen LogP contribution >= 0.6 is 0 Å². The number of alkyl halides is 1. The van der Waals surface area contributed by atoms with Crippen molar-refractivity contribution < 1.29 is 47.7 Å². The molecule has 2 aliphatic heterocycles. The Bertz CT molecular complexity index is 1460. The molecule has 0 unspecified atom stereocenters. The summed E-state index contributed by atoms with van der Waals surface area (Å²) in [7, 11) is 0. The Kier molecular flexibility index (Phi) is 12.7. The SMILES string of the molecule is CCOC(=O)N1CCN(C(=O)[C@H](CCC(=O)O)NC(=O)c2cc(OCC(=O)N3CCC[C@H]3C(=O)NCCF)n(-c3ccccc3)n2)CC1. The van der Waals surface area contributed by atoms with Gasteiger partial charge in [0.2, 0.25) is 17.7 Å². The third kappa shape index (κ3) is 9.19. The number of amides is 5. The third-order valence-electron chi connectivity index (χ3n) is 7.89. The van der Waals surface area contributed by atoms with Crippen LogP contribution < -0.4 is 15.4 Å². The van der Waals surface area contributed by atoms with E-state index in [-0.39, 0.29) is 57.3 Å². The summed E-state index contributed by atoms with van der Waals surface area (Å²) in [5.74, 6) is -3.34. The highest BCUT2D eigenvalue weighted by Crippen LogP contribution is 2.22. The molecular formula is C31H40FN7O9. The van der Waals surface area contributed by atoms with Crippen molar-refractivity contribution in [3.8, 4) is 11.6 Å². The van der Waals surface area contributed by atoms with Gasteiger partial charge in [0.15, 0.2) is 12.3 Å². The molecule has 3 N–H and O–H groups in total. The number of halogens is 1. The quantitative estimate of drug-likeness (QED) is 0.256. The molecule has 2 fully saturated rings. The summed E-state index contributed by atoms with van der Waals surface area (Å²) in [6, 6.07) is 7.98. The predicted octanol–water partition coefficient (Wildman–Crippen LogP) is 0.592. The summed E-state index contributed by atoms with van der Waals surface area (Å²) >= 11 is 0. The number of carbonyl (C=O) groups excluding carboxylic acids is 5. The normalized spacial score (nSPS) is 16.6. The number of hydrogen-bond donors (Lipinski definition) is 3. The first-order chi connectivity index (χ1) is 23.1. The van der Waals surface area contributed by atoms with Crippen molar-refractivity contribution >= 4 is 35.7 Å². The minimum atomic E-state index is -1.20. The molecule has 0 bridgehead atoms. The largest absolute Gasteiger partial charge is 0.481 e. The smallest absolute Gasteiger partial charge is 0.409 e. The van der Waals surface area contributed by atoms with Crippen molar-refractivity contribution in [1.82, 2.24) is 35.1 Å². The molecule has 0 radical (unpaired) electrons. The minimum absolute atomic E-state index is 0.0285. The lowest BCUT2D eigenvalue weighted by Crippen LogP contribution is -2.56. The van der Waals surface area contributed by atoms with Gasteiger partial charge in [-0.05, 0) is 38.3 Å². The number of carbonyl (C=O) groups is 6. The minimum Gasteiger partial charge on any atom is -0.481 e. The molecule has 5 amide bonds. The van der Waals surface area contributed by atoms with Gasteiger partial charge in [-0.3, -0.25) is 24.0 Å². The molecule has 0 spiro atoms. The van der Waals surface area contributed by atoms with Gasteiger partial charge < -0.3 is 39.9 Å². The van der Waals surface area contributed by atoms with Gasteiger partial charge in [0.25, 0.3) is 11.8 Å². The molecule has 48 heavy (non-hydrogen) atoms. The molecule has 0 saturated carbocycles. The summed E-state index contributed by atoms with van der Waals surface area (Å²) in [5, 5.41) is 18.7. The number of aromatic nitrogens is 2. The van der Waals surface area contributed by atoms with Crippen molar-refractivity contribution in [2.24, 2.45) is 0 Å². The number of nitrogens with zero attached hydrogens (tertiary/aromatic N) is 5. The number of nitrogens with one attached hydrogen (secondary N) is 2. The van der Waals surface area contributed by atoms with Crippen LogP contribution in [-0.4, -0.2) is 137 Å². The van der Waals surface area contributed by atoms with Gasteiger partial charge >= 0.3 is 12.1 Å². The van der Waals surface area contributed by atoms with E-state index in [4.69, 9.17) is 9.47 Å². The molecule has 2 saturated heterocycles. The maximum atomic E-state index is 13.5. The number of benzene rings is 1. The number of likely N-dealkylation sites (tertiary alicyclic amines) is 1. The van der Waals surface area contributed by atoms with E-state index in [1.165, 1.54) is 25.4 Å². The van der Waals surface area contributed by atoms with Crippen LogP contribution in [0, 0.1) is 0 Å². The van der Waals surface area contributed by atoms with Gasteiger partial charge in [0.05, 0.1) is 12.3 Å². The summed E-state index contributed by atoms with van der Waals surface area (Å²) in [6.45, 7) is 1.63. The van der Waals surface area contributed by atoms with Crippen LogP contribution in [0.15, 0.2) is 36.4 Å². The van der Waals surface area contributed by atoms with Gasteiger partial charge in [-0.1, -0.05) is 18.2 Å². The van der Waals surface area contributed by atoms with Gasteiger partial charge in [-0.25, -0.2) is 13.9 Å². The first-order valence-corrected chi connectivity index (χ1v) is 15.8. The third-order valence-corrected chi connectivity index (χ3v) is 7.89. The zero-order valence-corrected chi connectivity index (χ0v) is 26.6. The lowest BCUT2D eigenvalue weighted by atomic mass is 10.1. The number of ether oxygens (including phenoxy) is 2. The first-order valence-electron chi connectivity index (χ1n) is 15.8. The van der Waals surface area contributed by atoms with Gasteiger partial charge in [0.1, 0.15) is 18.8 Å². The van der Waals surface area contributed by atoms with Crippen molar-refractivity contribution in [2.75, 3.05) is 59.2 Å². The van der Waals surface area contributed by atoms with Crippen LogP contribution in [-0.2, 0) is 23.9 Å². The zero-order valence-electron chi connectivity index (χ0n) is 26.6. The number of rotatable bonds is 14. The van der Waals surface area contributed by atoms with Crippen molar-refractivity contribution in [1.29, 1.82) is 0 Å². The van der Waals surface area contributed by atoms with E-state index < -0.39 is 67.5 Å². The van der Waals surface area contributed by atoms with Crippen LogP contribution in [0.5, 0.6) is 5.88 Å². The topological polar surface area (TPSA) is 193 Å². The Hall–Kier alpha value is -5.22. The number of carboxylic acids is 1. The highest BCUT2D eigenvalue weighted by molar-refractivity contribution is 5.96. The van der Waals surface area contributed by atoms with Gasteiger partial charge in [-0.15, -0.1) is 0 Å². The Labute approximate surface area is 276 Å². The Balaban J connectivity index is 1.48. The maximum absolute atomic E-state index is 13.5. The van der Waals surface area contributed by atoms with E-state index >= 15 is 0 Å². The van der Waals surface area contributed by atoms with Crippen LogP contribution in [0.3, 0.4) is 0 Å². The van der Waals surface area contributed by atoms with Gasteiger partial charge in [0, 0.05) is 51.8 Å². The number of aliphatic carboxylic acids is 1. The lowest BCUT2D eigenvalue weighted by molar-refractivity contribution is -0.140. The Morgan fingerprint density at radius 3 is 2.42 bits per heavy atom. The highest BCUT2D eigenvalue weighted by Gasteiger charge is 2.35. The van der Waals surface area contributed by atoms with Crippen molar-refractivity contribution in [2.45, 2.75) is 44.7 Å². The average Bonchev–Trinajstić information content (AvgIpc) is 3.76. The fraction of sp³-hybridized carbons (Fsp3) is 0.516. The zero-order chi connectivity index (χ0) is 34.6. The molecule has 16 nitrogen and oxygen atoms in total.